The minimum Gasteiger partial charge on any atom is -0.478 e. The maximum absolute atomic E-state index is 11.0. The van der Waals surface area contributed by atoms with E-state index < -0.39 is 5.97 Å². The van der Waals surface area contributed by atoms with E-state index in [1.807, 2.05) is 0 Å². The number of carbonyl (C=O) groups is 1. The molecule has 1 aromatic heterocycles. The van der Waals surface area contributed by atoms with Crippen molar-refractivity contribution < 1.29 is 9.90 Å². The lowest BCUT2D eigenvalue weighted by Crippen LogP contribution is -2.34. The van der Waals surface area contributed by atoms with Crippen molar-refractivity contribution in [2.24, 2.45) is 7.05 Å². The van der Waals surface area contributed by atoms with Crippen LogP contribution in [0, 0.1) is 0 Å². The first-order chi connectivity index (χ1) is 8.43. The van der Waals surface area contributed by atoms with Crippen LogP contribution in [0.25, 0.3) is 0 Å². The Morgan fingerprint density at radius 3 is 2.83 bits per heavy atom. The molecule has 0 saturated carbocycles. The molecule has 0 spiro atoms. The van der Waals surface area contributed by atoms with Crippen molar-refractivity contribution in [1.82, 2.24) is 20.0 Å². The maximum atomic E-state index is 11.0. The zero-order valence-corrected chi connectivity index (χ0v) is 11.5. The number of likely N-dealkylation sites (N-methyl/N-ethyl adjacent to an activating group) is 1. The van der Waals surface area contributed by atoms with Gasteiger partial charge in [-0.15, -0.1) is 0 Å². The Hall–Kier alpha value is -1.40. The summed E-state index contributed by atoms with van der Waals surface area (Å²) in [6.07, 6.45) is 1.39. The van der Waals surface area contributed by atoms with Gasteiger partial charge in [0.05, 0.1) is 11.9 Å². The Kier molecular flexibility index (Phi) is 5.30. The number of aromatic nitrogens is 2. The fraction of sp³-hybridized carbons (Fsp3) is 0.667. The quantitative estimate of drug-likeness (QED) is 0.695. The van der Waals surface area contributed by atoms with Crippen LogP contribution in [0.1, 0.15) is 29.9 Å². The Morgan fingerprint density at radius 1 is 1.61 bits per heavy atom. The Labute approximate surface area is 108 Å². The van der Waals surface area contributed by atoms with Gasteiger partial charge in [0.1, 0.15) is 5.56 Å². The number of rotatable bonds is 7. The molecule has 2 N–H and O–H groups in total. The van der Waals surface area contributed by atoms with Crippen molar-refractivity contribution >= 4 is 5.97 Å². The summed E-state index contributed by atoms with van der Waals surface area (Å²) in [6, 6.07) is 0.512. The molecule has 1 heterocycles. The number of nitrogens with zero attached hydrogens (tertiary/aromatic N) is 3. The first kappa shape index (κ1) is 14.7. The first-order valence-electron chi connectivity index (χ1n) is 6.08. The van der Waals surface area contributed by atoms with E-state index in [4.69, 9.17) is 5.11 Å². The molecule has 0 aliphatic rings. The minimum atomic E-state index is -0.931. The molecular weight excluding hydrogens is 232 g/mol. The van der Waals surface area contributed by atoms with Gasteiger partial charge in [-0.1, -0.05) is 0 Å². The molecule has 0 amide bonds. The Morgan fingerprint density at radius 2 is 2.28 bits per heavy atom. The Bertz CT molecular complexity index is 401. The van der Waals surface area contributed by atoms with Gasteiger partial charge in [-0.05, 0) is 20.9 Å². The molecule has 0 saturated heterocycles. The number of carboxylic acids is 1. The summed E-state index contributed by atoms with van der Waals surface area (Å²) in [4.78, 5) is 13.2. The average Bonchev–Trinajstić information content (AvgIpc) is 2.66. The molecule has 0 fully saturated rings. The fourth-order valence-corrected chi connectivity index (χ4v) is 1.57. The second-order valence-electron chi connectivity index (χ2n) is 4.68. The third kappa shape index (κ3) is 3.82. The van der Waals surface area contributed by atoms with Crippen molar-refractivity contribution in [3.63, 3.8) is 0 Å². The van der Waals surface area contributed by atoms with E-state index in [1.165, 1.54) is 6.20 Å². The van der Waals surface area contributed by atoms with Gasteiger partial charge in [0.25, 0.3) is 0 Å². The Balaban J connectivity index is 2.44. The van der Waals surface area contributed by atoms with Gasteiger partial charge in [0.15, 0.2) is 0 Å². The highest BCUT2D eigenvalue weighted by molar-refractivity contribution is 5.88. The molecule has 6 heteroatoms. The molecule has 1 aromatic rings. The van der Waals surface area contributed by atoms with Crippen molar-refractivity contribution in [3.05, 3.63) is 17.5 Å². The number of aromatic carboxylic acids is 1. The summed E-state index contributed by atoms with van der Waals surface area (Å²) in [5.41, 5.74) is 0.969. The lowest BCUT2D eigenvalue weighted by molar-refractivity contribution is 0.0695. The number of nitrogens with one attached hydrogen (secondary N) is 1. The van der Waals surface area contributed by atoms with Gasteiger partial charge >= 0.3 is 5.97 Å². The first-order valence-corrected chi connectivity index (χ1v) is 6.08. The number of hydrogen-bond acceptors (Lipinski definition) is 4. The van der Waals surface area contributed by atoms with Gasteiger partial charge in [0, 0.05) is 32.7 Å². The monoisotopic (exact) mass is 254 g/mol. The minimum absolute atomic E-state index is 0.266. The summed E-state index contributed by atoms with van der Waals surface area (Å²) in [7, 11) is 3.82. The van der Waals surface area contributed by atoms with Crippen LogP contribution in [0.4, 0.5) is 0 Å². The molecule has 1 rings (SSSR count). The summed E-state index contributed by atoms with van der Waals surface area (Å²) < 4.78 is 1.60. The molecule has 0 bridgehead atoms. The van der Waals surface area contributed by atoms with Gasteiger partial charge in [0.2, 0.25) is 0 Å². The normalized spacial score (nSPS) is 11.4. The second kappa shape index (κ2) is 6.51. The van der Waals surface area contributed by atoms with Crippen LogP contribution in [-0.2, 0) is 13.6 Å². The zero-order chi connectivity index (χ0) is 13.7. The predicted octanol–water partition coefficient (Wildman–Crippen LogP) is 0.548. The molecule has 0 aromatic carbocycles. The third-order valence-electron chi connectivity index (χ3n) is 3.11. The van der Waals surface area contributed by atoms with Crippen LogP contribution in [0.5, 0.6) is 0 Å². The van der Waals surface area contributed by atoms with E-state index in [9.17, 15) is 4.79 Å². The standard InChI is InChI=1S/C12H22N4O2/c1-9(2)15(3)6-5-13-8-11-10(12(17)18)7-14-16(11)4/h7,9,13H,5-6,8H2,1-4H3,(H,17,18). The van der Waals surface area contributed by atoms with E-state index in [0.29, 0.717) is 18.3 Å². The van der Waals surface area contributed by atoms with Crippen LogP contribution in [0.2, 0.25) is 0 Å². The largest absolute Gasteiger partial charge is 0.478 e. The SMILES string of the molecule is CC(C)N(C)CCNCc1c(C(=O)O)cnn1C. The summed E-state index contributed by atoms with van der Waals surface area (Å²) in [5.74, 6) is -0.931. The molecule has 0 unspecified atom stereocenters. The molecule has 0 aliphatic carbocycles. The maximum Gasteiger partial charge on any atom is 0.339 e. The van der Waals surface area contributed by atoms with Crippen LogP contribution < -0.4 is 5.32 Å². The lowest BCUT2D eigenvalue weighted by atomic mass is 10.2. The van der Waals surface area contributed by atoms with E-state index in [-0.39, 0.29) is 5.56 Å². The van der Waals surface area contributed by atoms with Crippen LogP contribution >= 0.6 is 0 Å². The van der Waals surface area contributed by atoms with Crippen LogP contribution in [0.3, 0.4) is 0 Å². The summed E-state index contributed by atoms with van der Waals surface area (Å²) in [6.45, 7) is 6.55. The van der Waals surface area contributed by atoms with Gasteiger partial charge in [-0.3, -0.25) is 4.68 Å². The zero-order valence-electron chi connectivity index (χ0n) is 11.5. The molecule has 0 atom stereocenters. The predicted molar refractivity (Wildman–Crippen MR) is 69.6 cm³/mol. The van der Waals surface area contributed by atoms with E-state index in [0.717, 1.165) is 13.1 Å². The van der Waals surface area contributed by atoms with Gasteiger partial charge in [-0.25, -0.2) is 4.79 Å². The lowest BCUT2D eigenvalue weighted by Gasteiger charge is -2.20. The highest BCUT2D eigenvalue weighted by atomic mass is 16.4. The molecule has 0 radical (unpaired) electrons. The molecular formula is C12H22N4O2. The van der Waals surface area contributed by atoms with E-state index in [1.54, 1.807) is 11.7 Å². The third-order valence-corrected chi connectivity index (χ3v) is 3.11. The van der Waals surface area contributed by atoms with Crippen molar-refractivity contribution in [3.8, 4) is 0 Å². The second-order valence-corrected chi connectivity index (χ2v) is 4.68. The van der Waals surface area contributed by atoms with Gasteiger partial charge in [-0.2, -0.15) is 5.10 Å². The topological polar surface area (TPSA) is 70.4 Å². The van der Waals surface area contributed by atoms with E-state index in [2.05, 4.69) is 36.2 Å². The summed E-state index contributed by atoms with van der Waals surface area (Å²) in [5, 5.41) is 16.2. The molecule has 0 aliphatic heterocycles. The number of hydrogen-bond donors (Lipinski definition) is 2. The van der Waals surface area contributed by atoms with E-state index >= 15 is 0 Å². The molecule has 102 valence electrons. The fourth-order valence-electron chi connectivity index (χ4n) is 1.57. The number of carboxylic acid groups (broad SMARTS) is 1. The highest BCUT2D eigenvalue weighted by Crippen LogP contribution is 2.06. The van der Waals surface area contributed by atoms with Crippen molar-refractivity contribution in [1.29, 1.82) is 0 Å². The van der Waals surface area contributed by atoms with Crippen molar-refractivity contribution in [2.75, 3.05) is 20.1 Å². The summed E-state index contributed by atoms with van der Waals surface area (Å²) >= 11 is 0. The van der Waals surface area contributed by atoms with Crippen molar-refractivity contribution in [2.45, 2.75) is 26.4 Å². The van der Waals surface area contributed by atoms with Crippen LogP contribution in [0.15, 0.2) is 6.20 Å². The number of aryl methyl sites for hydroxylation is 1. The molecule has 6 nitrogen and oxygen atoms in total. The van der Waals surface area contributed by atoms with Crippen LogP contribution in [-0.4, -0.2) is 51.9 Å². The smallest absolute Gasteiger partial charge is 0.339 e. The van der Waals surface area contributed by atoms with Gasteiger partial charge < -0.3 is 15.3 Å². The highest BCUT2D eigenvalue weighted by Gasteiger charge is 2.14. The average molecular weight is 254 g/mol. The molecule has 18 heavy (non-hydrogen) atoms.